The van der Waals surface area contributed by atoms with E-state index in [-0.39, 0.29) is 19.1 Å². The molecule has 0 radical (unpaired) electrons. The molecule has 17 heavy (non-hydrogen) atoms. The van der Waals surface area contributed by atoms with Gasteiger partial charge in [-0.1, -0.05) is 0 Å². The fraction of sp³-hybridized carbons (Fsp3) is 0.364. The van der Waals surface area contributed by atoms with Gasteiger partial charge < -0.3 is 26.2 Å². The number of anilines is 3. The molecule has 6 heteroatoms. The van der Waals surface area contributed by atoms with Crippen LogP contribution in [0.1, 0.15) is 6.42 Å². The number of nitrogen functional groups attached to an aromatic ring is 1. The maximum absolute atomic E-state index is 11.1. The largest absolute Gasteiger partial charge is 0.482 e. The first-order valence-corrected chi connectivity index (χ1v) is 5.41. The number of ether oxygens (including phenoxy) is 1. The number of nitrogens with two attached hydrogens (primary N) is 1. The van der Waals surface area contributed by atoms with Gasteiger partial charge in [0.05, 0.1) is 17.1 Å². The smallest absolute Gasteiger partial charge is 0.262 e. The normalized spacial score (nSPS) is 13.6. The van der Waals surface area contributed by atoms with Crippen LogP contribution < -0.4 is 21.1 Å². The van der Waals surface area contributed by atoms with Crippen molar-refractivity contribution in [3.05, 3.63) is 12.1 Å². The molecule has 1 aromatic rings. The van der Waals surface area contributed by atoms with Crippen molar-refractivity contribution in [3.8, 4) is 5.75 Å². The van der Waals surface area contributed by atoms with Gasteiger partial charge in [0.25, 0.3) is 5.91 Å². The Morgan fingerprint density at radius 1 is 1.53 bits per heavy atom. The number of fused-ring (bicyclic) bond motifs is 1. The molecule has 0 saturated carbocycles. The SMILES string of the molecule is Nc1cc2c(cc1NCCCO)OCC(=O)N2. The number of aliphatic hydroxyl groups is 1. The second kappa shape index (κ2) is 4.92. The standard InChI is InChI=1S/C11H15N3O3/c12-7-4-9-10(17-6-11(16)14-9)5-8(7)13-2-1-3-15/h4-5,13,15H,1-3,6,12H2,(H,14,16). The monoisotopic (exact) mass is 237 g/mol. The van der Waals surface area contributed by atoms with Crippen LogP contribution in [0.4, 0.5) is 17.1 Å². The van der Waals surface area contributed by atoms with Crippen molar-refractivity contribution in [3.63, 3.8) is 0 Å². The van der Waals surface area contributed by atoms with Gasteiger partial charge in [-0.25, -0.2) is 0 Å². The van der Waals surface area contributed by atoms with E-state index in [9.17, 15) is 4.79 Å². The molecule has 0 saturated heterocycles. The quantitative estimate of drug-likeness (QED) is 0.449. The van der Waals surface area contributed by atoms with Crippen LogP contribution in [0.3, 0.4) is 0 Å². The molecule has 0 fully saturated rings. The lowest BCUT2D eigenvalue weighted by Crippen LogP contribution is -2.25. The first kappa shape index (κ1) is 11.5. The summed E-state index contributed by atoms with van der Waals surface area (Å²) in [6.07, 6.45) is 0.647. The average molecular weight is 237 g/mol. The summed E-state index contributed by atoms with van der Waals surface area (Å²) < 4.78 is 5.28. The van der Waals surface area contributed by atoms with Gasteiger partial charge in [-0.3, -0.25) is 4.79 Å². The van der Waals surface area contributed by atoms with Crippen molar-refractivity contribution >= 4 is 23.0 Å². The molecule has 5 N–H and O–H groups in total. The molecular weight excluding hydrogens is 222 g/mol. The number of amides is 1. The summed E-state index contributed by atoms with van der Waals surface area (Å²) in [5, 5.41) is 14.5. The topological polar surface area (TPSA) is 96.6 Å². The van der Waals surface area contributed by atoms with Crippen molar-refractivity contribution in [2.45, 2.75) is 6.42 Å². The Morgan fingerprint density at radius 2 is 2.35 bits per heavy atom. The van der Waals surface area contributed by atoms with Gasteiger partial charge in [-0.15, -0.1) is 0 Å². The van der Waals surface area contributed by atoms with Gasteiger partial charge in [0.15, 0.2) is 6.61 Å². The van der Waals surface area contributed by atoms with Gasteiger partial charge in [0.1, 0.15) is 5.75 Å². The van der Waals surface area contributed by atoms with E-state index < -0.39 is 0 Å². The third-order valence-corrected chi connectivity index (χ3v) is 2.43. The average Bonchev–Trinajstić information content (AvgIpc) is 2.30. The van der Waals surface area contributed by atoms with Crippen LogP contribution in [0, 0.1) is 0 Å². The van der Waals surface area contributed by atoms with Crippen molar-refractivity contribution < 1.29 is 14.6 Å². The lowest BCUT2D eigenvalue weighted by Gasteiger charge is -2.20. The minimum Gasteiger partial charge on any atom is -0.482 e. The number of nitrogens with one attached hydrogen (secondary N) is 2. The molecule has 0 unspecified atom stereocenters. The van der Waals surface area contributed by atoms with Crippen molar-refractivity contribution in [2.24, 2.45) is 0 Å². The highest BCUT2D eigenvalue weighted by Gasteiger charge is 2.17. The minimum atomic E-state index is -0.183. The highest BCUT2D eigenvalue weighted by atomic mass is 16.5. The second-order valence-corrected chi connectivity index (χ2v) is 3.78. The summed E-state index contributed by atoms with van der Waals surface area (Å²) in [6.45, 7) is 0.781. The Bertz CT molecular complexity index is 434. The zero-order chi connectivity index (χ0) is 12.3. The molecule has 0 spiro atoms. The van der Waals surface area contributed by atoms with E-state index >= 15 is 0 Å². The molecule has 1 aliphatic heterocycles. The van der Waals surface area contributed by atoms with Crippen LogP contribution in [0.5, 0.6) is 5.75 Å². The zero-order valence-electron chi connectivity index (χ0n) is 9.32. The van der Waals surface area contributed by atoms with E-state index in [2.05, 4.69) is 10.6 Å². The molecule has 1 aliphatic rings. The summed E-state index contributed by atoms with van der Waals surface area (Å²) in [6, 6.07) is 3.41. The number of carbonyl (C=O) groups excluding carboxylic acids is 1. The van der Waals surface area contributed by atoms with E-state index in [1.165, 1.54) is 0 Å². The highest BCUT2D eigenvalue weighted by Crippen LogP contribution is 2.35. The molecule has 1 heterocycles. The Hall–Kier alpha value is -1.95. The summed E-state index contributed by atoms with van der Waals surface area (Å²) in [5.74, 6) is 0.420. The number of aliphatic hydroxyl groups excluding tert-OH is 1. The third kappa shape index (κ3) is 2.59. The molecule has 0 aromatic heterocycles. The predicted octanol–water partition coefficient (Wildman–Crippen LogP) is 0.394. The van der Waals surface area contributed by atoms with E-state index in [1.807, 2.05) is 0 Å². The fourth-order valence-electron chi connectivity index (χ4n) is 1.60. The zero-order valence-corrected chi connectivity index (χ0v) is 9.32. The van der Waals surface area contributed by atoms with E-state index in [4.69, 9.17) is 15.6 Å². The van der Waals surface area contributed by atoms with E-state index in [0.29, 0.717) is 30.1 Å². The van der Waals surface area contributed by atoms with Gasteiger partial charge in [0, 0.05) is 19.2 Å². The first-order chi connectivity index (χ1) is 8.20. The molecule has 0 bridgehead atoms. The number of hydrogen-bond acceptors (Lipinski definition) is 5. The van der Waals surface area contributed by atoms with Gasteiger partial charge >= 0.3 is 0 Å². The summed E-state index contributed by atoms with van der Waals surface area (Å²) >= 11 is 0. The summed E-state index contributed by atoms with van der Waals surface area (Å²) in [7, 11) is 0. The maximum atomic E-state index is 11.1. The molecule has 1 amide bonds. The second-order valence-electron chi connectivity index (χ2n) is 3.78. The number of benzene rings is 1. The van der Waals surface area contributed by atoms with Gasteiger partial charge in [-0.05, 0) is 12.5 Å². The predicted molar refractivity (Wildman–Crippen MR) is 65.2 cm³/mol. The Labute approximate surface area is 98.8 Å². The Morgan fingerprint density at radius 3 is 3.12 bits per heavy atom. The lowest BCUT2D eigenvalue weighted by atomic mass is 10.2. The van der Waals surface area contributed by atoms with Crippen molar-refractivity contribution in [2.75, 3.05) is 36.1 Å². The molecule has 0 atom stereocenters. The van der Waals surface area contributed by atoms with Crippen LogP contribution in [-0.4, -0.2) is 30.8 Å². The Balaban J connectivity index is 2.16. The van der Waals surface area contributed by atoms with Gasteiger partial charge in [-0.2, -0.15) is 0 Å². The van der Waals surface area contributed by atoms with E-state index in [0.717, 1.165) is 5.69 Å². The van der Waals surface area contributed by atoms with E-state index in [1.54, 1.807) is 12.1 Å². The van der Waals surface area contributed by atoms with Crippen LogP contribution in [0.25, 0.3) is 0 Å². The molecule has 1 aromatic carbocycles. The summed E-state index contributed by atoms with van der Waals surface area (Å²) in [5.41, 5.74) is 7.71. The van der Waals surface area contributed by atoms with Gasteiger partial charge in [0.2, 0.25) is 0 Å². The highest BCUT2D eigenvalue weighted by molar-refractivity contribution is 5.97. The van der Waals surface area contributed by atoms with Crippen LogP contribution in [-0.2, 0) is 4.79 Å². The minimum absolute atomic E-state index is 0.0208. The number of rotatable bonds is 4. The fourth-order valence-corrected chi connectivity index (χ4v) is 1.60. The lowest BCUT2D eigenvalue weighted by molar-refractivity contribution is -0.118. The molecule has 2 rings (SSSR count). The molecular formula is C11H15N3O3. The maximum Gasteiger partial charge on any atom is 0.262 e. The first-order valence-electron chi connectivity index (χ1n) is 5.41. The molecule has 6 nitrogen and oxygen atoms in total. The molecule has 0 aliphatic carbocycles. The molecule has 92 valence electrons. The van der Waals surface area contributed by atoms with Crippen molar-refractivity contribution in [1.29, 1.82) is 0 Å². The van der Waals surface area contributed by atoms with Crippen LogP contribution >= 0.6 is 0 Å². The number of carbonyl (C=O) groups is 1. The van der Waals surface area contributed by atoms with Crippen LogP contribution in [0.15, 0.2) is 12.1 Å². The third-order valence-electron chi connectivity index (χ3n) is 2.43. The van der Waals surface area contributed by atoms with Crippen molar-refractivity contribution in [1.82, 2.24) is 0 Å². The number of hydrogen-bond donors (Lipinski definition) is 4. The summed E-state index contributed by atoms with van der Waals surface area (Å²) in [4.78, 5) is 11.1. The van der Waals surface area contributed by atoms with Crippen LogP contribution in [0.2, 0.25) is 0 Å². The Kier molecular flexibility index (Phi) is 3.34.